The van der Waals surface area contributed by atoms with E-state index in [1.54, 1.807) is 26.4 Å². The lowest BCUT2D eigenvalue weighted by Gasteiger charge is -2.31. The fourth-order valence-corrected chi connectivity index (χ4v) is 2.23. The summed E-state index contributed by atoms with van der Waals surface area (Å²) in [6.45, 7) is 3.96. The molecule has 0 N–H and O–H groups in total. The molecule has 1 unspecified atom stereocenters. The van der Waals surface area contributed by atoms with Gasteiger partial charge in [0, 0.05) is 32.4 Å². The molecular weight excluding hydrogens is 266 g/mol. The van der Waals surface area contributed by atoms with Gasteiger partial charge in [-0.05, 0) is 25.1 Å². The molecule has 0 amide bonds. The average molecular weight is 286 g/mol. The fourth-order valence-electron chi connectivity index (χ4n) is 1.93. The second kappa shape index (κ2) is 8.15. The molecule has 0 aromatic heterocycles. The number of benzene rings is 1. The largest absolute Gasteiger partial charge is 0.383 e. The first-order chi connectivity index (χ1) is 9.13. The van der Waals surface area contributed by atoms with Gasteiger partial charge in [0.05, 0.1) is 23.9 Å². The number of rotatable bonds is 8. The van der Waals surface area contributed by atoms with Gasteiger partial charge in [-0.2, -0.15) is 0 Å². The van der Waals surface area contributed by atoms with E-state index in [0.717, 1.165) is 12.0 Å². The van der Waals surface area contributed by atoms with E-state index in [4.69, 9.17) is 21.1 Å². The van der Waals surface area contributed by atoms with Gasteiger partial charge in [-0.3, -0.25) is 4.79 Å². The Kier molecular flexibility index (Phi) is 6.84. The molecule has 0 fully saturated rings. The molecule has 0 saturated heterocycles. The minimum atomic E-state index is 0.166. The van der Waals surface area contributed by atoms with E-state index in [2.05, 4.69) is 11.8 Å². The lowest BCUT2D eigenvalue weighted by atomic mass is 10.1. The van der Waals surface area contributed by atoms with Gasteiger partial charge in [-0.15, -0.1) is 0 Å². The molecule has 1 aromatic carbocycles. The molecule has 1 atom stereocenters. The van der Waals surface area contributed by atoms with Crippen LogP contribution in [0.15, 0.2) is 18.2 Å². The lowest BCUT2D eigenvalue weighted by molar-refractivity contribution is 0.112. The summed E-state index contributed by atoms with van der Waals surface area (Å²) in [5.74, 6) is 0. The Labute approximate surface area is 119 Å². The van der Waals surface area contributed by atoms with Crippen molar-refractivity contribution in [3.63, 3.8) is 0 Å². The summed E-state index contributed by atoms with van der Waals surface area (Å²) in [6.07, 6.45) is 0.785. The summed E-state index contributed by atoms with van der Waals surface area (Å²) in [6, 6.07) is 5.45. The highest BCUT2D eigenvalue weighted by molar-refractivity contribution is 6.33. The monoisotopic (exact) mass is 285 g/mol. The molecule has 0 aliphatic carbocycles. The molecule has 0 spiro atoms. The highest BCUT2D eigenvalue weighted by atomic mass is 35.5. The van der Waals surface area contributed by atoms with Crippen molar-refractivity contribution in [2.24, 2.45) is 0 Å². The summed E-state index contributed by atoms with van der Waals surface area (Å²) in [5.41, 5.74) is 1.45. The van der Waals surface area contributed by atoms with Crippen molar-refractivity contribution in [3.8, 4) is 0 Å². The van der Waals surface area contributed by atoms with Gasteiger partial charge in [-0.1, -0.05) is 11.6 Å². The lowest BCUT2D eigenvalue weighted by Crippen LogP contribution is -2.38. The number of anilines is 1. The van der Waals surface area contributed by atoms with E-state index in [1.807, 2.05) is 6.07 Å². The zero-order valence-corrected chi connectivity index (χ0v) is 12.3. The number of ether oxygens (including phenoxy) is 2. The third-order valence-electron chi connectivity index (χ3n) is 2.89. The van der Waals surface area contributed by atoms with Crippen LogP contribution >= 0.6 is 11.6 Å². The van der Waals surface area contributed by atoms with E-state index in [0.29, 0.717) is 30.3 Å². The van der Waals surface area contributed by atoms with Gasteiger partial charge in [0.25, 0.3) is 0 Å². The zero-order valence-electron chi connectivity index (χ0n) is 11.6. The van der Waals surface area contributed by atoms with Crippen LogP contribution in [-0.4, -0.2) is 46.3 Å². The number of hydrogen-bond donors (Lipinski definition) is 0. The van der Waals surface area contributed by atoms with Crippen molar-refractivity contribution in [3.05, 3.63) is 28.8 Å². The van der Waals surface area contributed by atoms with Crippen LogP contribution in [0.25, 0.3) is 0 Å². The molecule has 106 valence electrons. The van der Waals surface area contributed by atoms with Crippen LogP contribution in [0.4, 0.5) is 5.69 Å². The van der Waals surface area contributed by atoms with E-state index in [9.17, 15) is 4.79 Å². The molecule has 0 aliphatic heterocycles. The second-order valence-corrected chi connectivity index (χ2v) is 4.73. The van der Waals surface area contributed by atoms with Gasteiger partial charge < -0.3 is 14.4 Å². The Bertz CT molecular complexity index is 412. The molecular formula is C14H20ClNO3. The summed E-state index contributed by atoms with van der Waals surface area (Å²) >= 11 is 6.24. The summed E-state index contributed by atoms with van der Waals surface area (Å²) in [5, 5.41) is 0.559. The third-order valence-corrected chi connectivity index (χ3v) is 3.20. The Morgan fingerprint density at radius 3 is 2.63 bits per heavy atom. The number of carbonyl (C=O) groups excluding carboxylic acids is 1. The zero-order chi connectivity index (χ0) is 14.3. The Hall–Kier alpha value is -1.10. The van der Waals surface area contributed by atoms with Crippen LogP contribution in [0, 0.1) is 0 Å². The minimum Gasteiger partial charge on any atom is -0.383 e. The van der Waals surface area contributed by atoms with E-state index < -0.39 is 0 Å². The molecule has 5 heteroatoms. The predicted octanol–water partition coefficient (Wildman–Crippen LogP) is 2.64. The van der Waals surface area contributed by atoms with E-state index in [-0.39, 0.29) is 6.04 Å². The van der Waals surface area contributed by atoms with Gasteiger partial charge >= 0.3 is 0 Å². The summed E-state index contributed by atoms with van der Waals surface area (Å²) in [4.78, 5) is 12.9. The third kappa shape index (κ3) is 4.49. The number of nitrogens with zero attached hydrogens (tertiary/aromatic N) is 1. The number of methoxy groups -OCH3 is 2. The second-order valence-electron chi connectivity index (χ2n) is 4.32. The van der Waals surface area contributed by atoms with Gasteiger partial charge in [-0.25, -0.2) is 0 Å². The number of carbonyl (C=O) groups is 1. The number of halogens is 1. The van der Waals surface area contributed by atoms with E-state index >= 15 is 0 Å². The van der Waals surface area contributed by atoms with Crippen molar-refractivity contribution in [2.45, 2.75) is 13.0 Å². The van der Waals surface area contributed by atoms with Crippen LogP contribution in [0.1, 0.15) is 17.3 Å². The Morgan fingerprint density at radius 1 is 1.37 bits per heavy atom. The summed E-state index contributed by atoms with van der Waals surface area (Å²) < 4.78 is 10.3. The van der Waals surface area contributed by atoms with Crippen molar-refractivity contribution < 1.29 is 14.3 Å². The molecule has 0 saturated carbocycles. The molecule has 1 aromatic rings. The van der Waals surface area contributed by atoms with Crippen molar-refractivity contribution in [2.75, 3.05) is 38.9 Å². The molecule has 0 heterocycles. The molecule has 19 heavy (non-hydrogen) atoms. The topological polar surface area (TPSA) is 38.8 Å². The SMILES string of the molecule is COCCN(c1ccc(C=O)cc1Cl)C(C)COC. The van der Waals surface area contributed by atoms with Crippen molar-refractivity contribution in [1.82, 2.24) is 0 Å². The first kappa shape index (κ1) is 16.0. The predicted molar refractivity (Wildman–Crippen MR) is 77.4 cm³/mol. The first-order valence-corrected chi connectivity index (χ1v) is 6.51. The number of hydrogen-bond acceptors (Lipinski definition) is 4. The fraction of sp³-hybridized carbons (Fsp3) is 0.500. The molecule has 0 aliphatic rings. The quantitative estimate of drug-likeness (QED) is 0.688. The van der Waals surface area contributed by atoms with Crippen LogP contribution in [-0.2, 0) is 9.47 Å². The maximum atomic E-state index is 10.7. The Balaban J connectivity index is 2.98. The molecule has 1 rings (SSSR count). The van der Waals surface area contributed by atoms with Gasteiger partial charge in [0.1, 0.15) is 6.29 Å². The van der Waals surface area contributed by atoms with Gasteiger partial charge in [0.2, 0.25) is 0 Å². The van der Waals surface area contributed by atoms with Crippen molar-refractivity contribution in [1.29, 1.82) is 0 Å². The summed E-state index contributed by atoms with van der Waals surface area (Å²) in [7, 11) is 3.33. The van der Waals surface area contributed by atoms with E-state index in [1.165, 1.54) is 0 Å². The molecule has 4 nitrogen and oxygen atoms in total. The van der Waals surface area contributed by atoms with Crippen molar-refractivity contribution >= 4 is 23.6 Å². The molecule has 0 bridgehead atoms. The van der Waals surface area contributed by atoms with Crippen LogP contribution < -0.4 is 4.90 Å². The van der Waals surface area contributed by atoms with Crippen LogP contribution in [0.2, 0.25) is 5.02 Å². The van der Waals surface area contributed by atoms with Crippen LogP contribution in [0.5, 0.6) is 0 Å². The maximum Gasteiger partial charge on any atom is 0.150 e. The van der Waals surface area contributed by atoms with Gasteiger partial charge in [0.15, 0.2) is 0 Å². The van der Waals surface area contributed by atoms with Crippen LogP contribution in [0.3, 0.4) is 0 Å². The minimum absolute atomic E-state index is 0.166. The highest BCUT2D eigenvalue weighted by Gasteiger charge is 2.17. The standard InChI is InChI=1S/C14H20ClNO3/c1-11(10-19-3)16(6-7-18-2)14-5-4-12(9-17)8-13(14)15/h4-5,8-9,11H,6-7,10H2,1-3H3. The highest BCUT2D eigenvalue weighted by Crippen LogP contribution is 2.28. The smallest absolute Gasteiger partial charge is 0.150 e. The normalized spacial score (nSPS) is 12.2. The first-order valence-electron chi connectivity index (χ1n) is 6.13. The average Bonchev–Trinajstić information content (AvgIpc) is 2.40. The Morgan fingerprint density at radius 2 is 2.11 bits per heavy atom. The molecule has 0 radical (unpaired) electrons. The maximum absolute atomic E-state index is 10.7. The number of aldehydes is 1.